The van der Waals surface area contributed by atoms with Gasteiger partial charge in [0.1, 0.15) is 50.5 Å². The molecule has 0 atom stereocenters. The van der Waals surface area contributed by atoms with Gasteiger partial charge < -0.3 is 28.4 Å². The number of fused-ring (bicyclic) bond motifs is 1. The molecule has 10 aliphatic rings. The van der Waals surface area contributed by atoms with E-state index in [9.17, 15) is 0 Å². The van der Waals surface area contributed by atoms with Crippen molar-refractivity contribution in [3.63, 3.8) is 0 Å². The molecule has 2 aliphatic heterocycles. The Labute approximate surface area is 272 Å². The predicted octanol–water partition coefficient (Wildman–Crippen LogP) is 8.31. The monoisotopic (exact) mass is 624 g/mol. The molecular formula is C40H48O6. The van der Waals surface area contributed by atoms with Crippen molar-refractivity contribution in [2.75, 3.05) is 39.6 Å². The summed E-state index contributed by atoms with van der Waals surface area (Å²) >= 11 is 0. The van der Waals surface area contributed by atoms with Crippen LogP contribution in [-0.2, 0) is 29.8 Å². The summed E-state index contributed by atoms with van der Waals surface area (Å²) in [5.74, 6) is 9.19. The SMILES string of the molecule is C1=C(COCCOc2ccc3c(OCCOCC4=CO4)cc(C45CC6CC(CC(C6)C4)C5)c(C45CC6CC(CC(C6)C4)C5)c3c2)O1. The molecule has 2 aromatic rings. The molecule has 0 aromatic heterocycles. The molecule has 2 aromatic carbocycles. The summed E-state index contributed by atoms with van der Waals surface area (Å²) in [6.07, 6.45) is 20.5. The lowest BCUT2D eigenvalue weighted by molar-refractivity contribution is -0.0169. The summed E-state index contributed by atoms with van der Waals surface area (Å²) < 4.78 is 35.0. The second-order valence-corrected chi connectivity index (χ2v) is 16.6. The van der Waals surface area contributed by atoms with Gasteiger partial charge >= 0.3 is 0 Å². The lowest BCUT2D eigenvalue weighted by atomic mass is 9.44. The largest absolute Gasteiger partial charge is 0.491 e. The van der Waals surface area contributed by atoms with Crippen LogP contribution in [-0.4, -0.2) is 39.6 Å². The van der Waals surface area contributed by atoms with E-state index < -0.39 is 0 Å². The van der Waals surface area contributed by atoms with Crippen molar-refractivity contribution in [2.24, 2.45) is 35.5 Å². The van der Waals surface area contributed by atoms with Crippen LogP contribution in [0.5, 0.6) is 11.5 Å². The summed E-state index contributed by atoms with van der Waals surface area (Å²) in [6, 6.07) is 9.38. The van der Waals surface area contributed by atoms with E-state index in [1.807, 2.05) is 0 Å². The highest BCUT2D eigenvalue weighted by atomic mass is 16.6. The van der Waals surface area contributed by atoms with E-state index in [2.05, 4.69) is 24.3 Å². The third-order valence-electron chi connectivity index (χ3n) is 13.3. The minimum Gasteiger partial charge on any atom is -0.491 e. The fraction of sp³-hybridized carbons (Fsp3) is 0.650. The van der Waals surface area contributed by atoms with Gasteiger partial charge in [0.15, 0.2) is 11.5 Å². The van der Waals surface area contributed by atoms with Crippen molar-refractivity contribution in [3.05, 3.63) is 59.4 Å². The van der Waals surface area contributed by atoms with Crippen LogP contribution in [0.4, 0.5) is 0 Å². The van der Waals surface area contributed by atoms with E-state index in [1.54, 1.807) is 23.7 Å². The molecule has 0 N–H and O–H groups in total. The molecule has 0 spiro atoms. The second kappa shape index (κ2) is 10.9. The zero-order chi connectivity index (χ0) is 30.3. The second-order valence-electron chi connectivity index (χ2n) is 16.6. The smallest absolute Gasteiger partial charge is 0.164 e. The molecule has 8 fully saturated rings. The van der Waals surface area contributed by atoms with Gasteiger partial charge in [0.25, 0.3) is 0 Å². The molecule has 0 unspecified atom stereocenters. The molecule has 244 valence electrons. The van der Waals surface area contributed by atoms with Gasteiger partial charge in [-0.3, -0.25) is 0 Å². The zero-order valence-corrected chi connectivity index (χ0v) is 27.1. The van der Waals surface area contributed by atoms with Gasteiger partial charge in [-0.05, 0) is 164 Å². The van der Waals surface area contributed by atoms with Gasteiger partial charge in [-0.2, -0.15) is 0 Å². The Bertz CT molecular complexity index is 1520. The molecule has 8 aliphatic carbocycles. The van der Waals surface area contributed by atoms with Gasteiger partial charge in [0, 0.05) is 5.39 Å². The Morgan fingerprint density at radius 1 is 0.565 bits per heavy atom. The van der Waals surface area contributed by atoms with Crippen molar-refractivity contribution in [1.29, 1.82) is 0 Å². The molecule has 6 heteroatoms. The zero-order valence-electron chi connectivity index (χ0n) is 27.1. The molecular weight excluding hydrogens is 576 g/mol. The third-order valence-corrected chi connectivity index (χ3v) is 13.3. The summed E-state index contributed by atoms with van der Waals surface area (Å²) in [5, 5.41) is 2.64. The van der Waals surface area contributed by atoms with Crippen molar-refractivity contribution in [2.45, 2.75) is 87.9 Å². The van der Waals surface area contributed by atoms with Gasteiger partial charge in [-0.1, -0.05) is 0 Å². The first-order valence-electron chi connectivity index (χ1n) is 18.3. The standard InChI is InChI=1S/C40H48O6/c1-2-34-35(13-31(1)43-5-3-41-21-32-23-45-32)38(40-18-28-10-29(19-40)12-30(11-28)20-40)36(14-37(34)44-6-4-42-22-33-24-46-33)39-15-25-7-26(16-39)9-27(8-25)17-39/h1-2,13-14,23-30H,3-12,15-22H2. The Morgan fingerprint density at radius 3 is 1.59 bits per heavy atom. The normalized spacial score (nSPS) is 37.1. The Morgan fingerprint density at radius 2 is 1.07 bits per heavy atom. The first kappa shape index (κ1) is 28.3. The van der Waals surface area contributed by atoms with Gasteiger partial charge in [-0.15, -0.1) is 0 Å². The average molecular weight is 625 g/mol. The number of ether oxygens (including phenoxy) is 6. The topological polar surface area (TPSA) is 62.0 Å². The number of hydrogen-bond donors (Lipinski definition) is 0. The quantitative estimate of drug-likeness (QED) is 0.197. The molecule has 0 amide bonds. The minimum atomic E-state index is 0.283. The van der Waals surface area contributed by atoms with E-state index in [0.29, 0.717) is 39.6 Å². The Balaban J connectivity index is 1.07. The number of rotatable bonds is 14. The fourth-order valence-corrected chi connectivity index (χ4v) is 12.4. The highest BCUT2D eigenvalue weighted by molar-refractivity contribution is 5.94. The summed E-state index contributed by atoms with van der Waals surface area (Å²) in [6.45, 7) is 3.22. The summed E-state index contributed by atoms with van der Waals surface area (Å²) in [5.41, 5.74) is 3.96. The molecule has 2 heterocycles. The summed E-state index contributed by atoms with van der Waals surface area (Å²) in [4.78, 5) is 0. The molecule has 6 nitrogen and oxygen atoms in total. The van der Waals surface area contributed by atoms with Crippen LogP contribution < -0.4 is 9.47 Å². The van der Waals surface area contributed by atoms with Gasteiger partial charge in [0.05, 0.1) is 13.2 Å². The van der Waals surface area contributed by atoms with E-state index in [4.69, 9.17) is 28.4 Å². The van der Waals surface area contributed by atoms with Crippen LogP contribution in [0.15, 0.2) is 48.3 Å². The Hall–Kier alpha value is -2.70. The van der Waals surface area contributed by atoms with E-state index in [-0.39, 0.29) is 10.8 Å². The molecule has 0 radical (unpaired) electrons. The first-order chi connectivity index (χ1) is 22.6. The highest BCUT2D eigenvalue weighted by Gasteiger charge is 2.57. The number of hydrogen-bond acceptors (Lipinski definition) is 6. The van der Waals surface area contributed by atoms with Crippen LogP contribution in [0.1, 0.15) is 88.2 Å². The average Bonchev–Trinajstić information content (AvgIpc) is 3.95. The third kappa shape index (κ3) is 5.13. The lowest BCUT2D eigenvalue weighted by Crippen LogP contribution is -2.52. The van der Waals surface area contributed by atoms with Crippen LogP contribution >= 0.6 is 0 Å². The molecule has 12 rings (SSSR count). The van der Waals surface area contributed by atoms with Crippen LogP contribution in [0, 0.1) is 35.5 Å². The van der Waals surface area contributed by atoms with E-state index in [1.165, 1.54) is 87.8 Å². The molecule has 0 saturated heterocycles. The maximum atomic E-state index is 6.72. The number of benzene rings is 2. The van der Waals surface area contributed by atoms with Crippen LogP contribution in [0.2, 0.25) is 0 Å². The van der Waals surface area contributed by atoms with Crippen molar-refractivity contribution in [1.82, 2.24) is 0 Å². The van der Waals surface area contributed by atoms with Crippen molar-refractivity contribution in [3.8, 4) is 11.5 Å². The maximum absolute atomic E-state index is 6.72. The first-order valence-corrected chi connectivity index (χ1v) is 18.3. The van der Waals surface area contributed by atoms with Crippen LogP contribution in [0.3, 0.4) is 0 Å². The Kier molecular flexibility index (Phi) is 6.72. The predicted molar refractivity (Wildman–Crippen MR) is 175 cm³/mol. The van der Waals surface area contributed by atoms with E-state index >= 15 is 0 Å². The van der Waals surface area contributed by atoms with Gasteiger partial charge in [-0.25, -0.2) is 0 Å². The maximum Gasteiger partial charge on any atom is 0.164 e. The molecule has 8 saturated carbocycles. The van der Waals surface area contributed by atoms with Gasteiger partial charge in [0.2, 0.25) is 0 Å². The van der Waals surface area contributed by atoms with E-state index in [0.717, 1.165) is 58.5 Å². The van der Waals surface area contributed by atoms with Crippen molar-refractivity contribution >= 4 is 10.8 Å². The summed E-state index contributed by atoms with van der Waals surface area (Å²) in [7, 11) is 0. The van der Waals surface area contributed by atoms with Crippen molar-refractivity contribution < 1.29 is 28.4 Å². The highest BCUT2D eigenvalue weighted by Crippen LogP contribution is 2.67. The fourth-order valence-electron chi connectivity index (χ4n) is 12.4. The minimum absolute atomic E-state index is 0.283. The molecule has 8 bridgehead atoms. The lowest BCUT2D eigenvalue weighted by Gasteiger charge is -2.61. The molecule has 46 heavy (non-hydrogen) atoms. The van der Waals surface area contributed by atoms with Crippen LogP contribution in [0.25, 0.3) is 10.8 Å².